The summed E-state index contributed by atoms with van der Waals surface area (Å²) in [6.45, 7) is 5.66. The summed E-state index contributed by atoms with van der Waals surface area (Å²) in [6, 6.07) is 10.7. The lowest BCUT2D eigenvalue weighted by atomic mass is 9.66. The van der Waals surface area contributed by atoms with Gasteiger partial charge in [0.05, 0.1) is 22.5 Å². The Balaban J connectivity index is 1.19. The highest BCUT2D eigenvalue weighted by Gasteiger charge is 2.51. The van der Waals surface area contributed by atoms with Crippen LogP contribution in [0.25, 0.3) is 10.4 Å². The van der Waals surface area contributed by atoms with Gasteiger partial charge in [0, 0.05) is 54.4 Å². The SMILES string of the molecule is CC1(C)CN(Cc2ccc(-c3cncs3)cc2)CCC1(O)c1ccc2c(c1F)CN(C1CCC(=O)NC1=O)C2=O. The van der Waals surface area contributed by atoms with Crippen LogP contribution in [0, 0.1) is 11.2 Å². The lowest BCUT2D eigenvalue weighted by Gasteiger charge is -2.50. The smallest absolute Gasteiger partial charge is 0.255 e. The fourth-order valence-electron chi connectivity index (χ4n) is 6.38. The van der Waals surface area contributed by atoms with Gasteiger partial charge >= 0.3 is 0 Å². The fourth-order valence-corrected chi connectivity index (χ4v) is 7.01. The van der Waals surface area contributed by atoms with Crippen molar-refractivity contribution in [2.24, 2.45) is 5.41 Å². The van der Waals surface area contributed by atoms with Crippen LogP contribution < -0.4 is 5.32 Å². The first-order chi connectivity index (χ1) is 19.1. The zero-order valence-electron chi connectivity index (χ0n) is 22.4. The van der Waals surface area contributed by atoms with Crippen molar-refractivity contribution in [3.63, 3.8) is 0 Å². The number of benzene rings is 2. The van der Waals surface area contributed by atoms with E-state index in [2.05, 4.69) is 39.5 Å². The Morgan fingerprint density at radius 3 is 2.60 bits per heavy atom. The van der Waals surface area contributed by atoms with Gasteiger partial charge in [-0.3, -0.25) is 29.6 Å². The Labute approximate surface area is 235 Å². The molecule has 2 saturated heterocycles. The Kier molecular flexibility index (Phi) is 6.59. The van der Waals surface area contributed by atoms with Crippen molar-refractivity contribution in [3.05, 3.63) is 76.2 Å². The molecule has 0 aliphatic carbocycles. The number of halogens is 1. The lowest BCUT2D eigenvalue weighted by molar-refractivity contribution is -0.137. The number of nitrogens with zero attached hydrogens (tertiary/aromatic N) is 3. The number of aromatic nitrogens is 1. The maximum atomic E-state index is 16.1. The van der Waals surface area contributed by atoms with E-state index in [0.29, 0.717) is 26.1 Å². The second kappa shape index (κ2) is 9.87. The Morgan fingerprint density at radius 1 is 1.15 bits per heavy atom. The van der Waals surface area contributed by atoms with Crippen molar-refractivity contribution in [2.75, 3.05) is 13.1 Å². The van der Waals surface area contributed by atoms with Crippen molar-refractivity contribution in [1.82, 2.24) is 20.1 Å². The summed E-state index contributed by atoms with van der Waals surface area (Å²) >= 11 is 1.60. The monoisotopic (exact) mass is 562 g/mol. The molecule has 2 aromatic carbocycles. The molecule has 40 heavy (non-hydrogen) atoms. The number of hydrogen-bond acceptors (Lipinski definition) is 7. The van der Waals surface area contributed by atoms with Gasteiger partial charge in [-0.1, -0.05) is 44.2 Å². The van der Waals surface area contributed by atoms with Gasteiger partial charge in [-0.05, 0) is 30.0 Å². The van der Waals surface area contributed by atoms with E-state index in [0.717, 1.165) is 16.0 Å². The minimum absolute atomic E-state index is 0.0692. The molecule has 10 heteroatoms. The fraction of sp³-hybridized carbons (Fsp3) is 0.400. The van der Waals surface area contributed by atoms with Crippen LogP contribution in [0.3, 0.4) is 0 Å². The predicted octanol–water partition coefficient (Wildman–Crippen LogP) is 3.83. The molecule has 1 aromatic heterocycles. The van der Waals surface area contributed by atoms with Crippen LogP contribution in [-0.4, -0.2) is 56.7 Å². The van der Waals surface area contributed by atoms with Gasteiger partial charge in [0.1, 0.15) is 11.9 Å². The highest BCUT2D eigenvalue weighted by molar-refractivity contribution is 7.13. The maximum absolute atomic E-state index is 16.1. The highest BCUT2D eigenvalue weighted by atomic mass is 32.1. The van der Waals surface area contributed by atoms with Crippen LogP contribution in [0.1, 0.15) is 60.2 Å². The molecule has 2 unspecified atom stereocenters. The van der Waals surface area contributed by atoms with Gasteiger partial charge in [-0.2, -0.15) is 0 Å². The first-order valence-corrected chi connectivity index (χ1v) is 14.3. The number of carbonyl (C=O) groups excluding carboxylic acids is 3. The molecule has 2 fully saturated rings. The molecule has 0 saturated carbocycles. The van der Waals surface area contributed by atoms with E-state index in [1.165, 1.54) is 11.0 Å². The van der Waals surface area contributed by atoms with Gasteiger partial charge in [0.2, 0.25) is 11.8 Å². The molecule has 0 bridgehead atoms. The van der Waals surface area contributed by atoms with E-state index in [4.69, 9.17) is 0 Å². The van der Waals surface area contributed by atoms with Crippen molar-refractivity contribution in [1.29, 1.82) is 0 Å². The summed E-state index contributed by atoms with van der Waals surface area (Å²) in [7, 11) is 0. The number of imide groups is 1. The third-order valence-electron chi connectivity index (χ3n) is 8.70. The number of piperidine rings is 2. The molecule has 6 rings (SSSR count). The van der Waals surface area contributed by atoms with Crippen LogP contribution in [0.2, 0.25) is 0 Å². The second-order valence-corrected chi connectivity index (χ2v) is 12.5. The Morgan fingerprint density at radius 2 is 1.93 bits per heavy atom. The topological polar surface area (TPSA) is 103 Å². The number of thiazole rings is 1. The molecule has 208 valence electrons. The van der Waals surface area contributed by atoms with Crippen LogP contribution in [0.4, 0.5) is 4.39 Å². The standard InChI is InChI=1S/C30H31FN4O4S/c1-29(2)16-34(14-18-3-5-19(6-4-18)24-13-32-17-40-24)12-11-30(29,39)22-8-7-20-21(26(22)31)15-35(28(20)38)23-9-10-25(36)33-27(23)37/h3-8,13,17,23,39H,9-12,14-16H2,1-2H3,(H,33,36,37). The van der Waals surface area contributed by atoms with Gasteiger partial charge in [0.15, 0.2) is 0 Å². The Hall–Kier alpha value is -3.47. The summed E-state index contributed by atoms with van der Waals surface area (Å²) in [6.07, 6.45) is 2.53. The van der Waals surface area contributed by atoms with E-state index in [-0.39, 0.29) is 42.0 Å². The third kappa shape index (κ3) is 4.44. The van der Waals surface area contributed by atoms with Gasteiger partial charge in [-0.15, -0.1) is 11.3 Å². The second-order valence-electron chi connectivity index (χ2n) is 11.6. The van der Waals surface area contributed by atoms with Crippen LogP contribution in [0.15, 0.2) is 48.1 Å². The number of amides is 3. The van der Waals surface area contributed by atoms with E-state index in [1.54, 1.807) is 17.4 Å². The van der Waals surface area contributed by atoms with Crippen molar-refractivity contribution in [2.45, 2.75) is 57.8 Å². The first kappa shape index (κ1) is 26.7. The molecule has 2 atom stereocenters. The van der Waals surface area contributed by atoms with E-state index >= 15 is 4.39 Å². The molecule has 3 aliphatic rings. The number of likely N-dealkylation sites (tertiary alicyclic amines) is 1. The summed E-state index contributed by atoms with van der Waals surface area (Å²) in [4.78, 5) is 45.9. The number of rotatable bonds is 5. The molecule has 3 aromatic rings. The van der Waals surface area contributed by atoms with Crippen molar-refractivity contribution in [3.8, 4) is 10.4 Å². The molecule has 2 N–H and O–H groups in total. The van der Waals surface area contributed by atoms with Gasteiger partial charge in [-0.25, -0.2) is 4.39 Å². The maximum Gasteiger partial charge on any atom is 0.255 e. The molecule has 3 aliphatic heterocycles. The number of carbonyl (C=O) groups is 3. The first-order valence-electron chi connectivity index (χ1n) is 13.5. The van der Waals surface area contributed by atoms with Crippen LogP contribution in [0.5, 0.6) is 0 Å². The average molecular weight is 563 g/mol. The molecule has 3 amide bonds. The quantitative estimate of drug-likeness (QED) is 0.459. The van der Waals surface area contributed by atoms with Crippen LogP contribution >= 0.6 is 11.3 Å². The molecular formula is C30H31FN4O4S. The molecule has 0 radical (unpaired) electrons. The third-order valence-corrected chi connectivity index (χ3v) is 9.52. The summed E-state index contributed by atoms with van der Waals surface area (Å²) < 4.78 is 16.1. The van der Waals surface area contributed by atoms with Gasteiger partial charge in [0.25, 0.3) is 5.91 Å². The predicted molar refractivity (Wildman–Crippen MR) is 148 cm³/mol. The summed E-state index contributed by atoms with van der Waals surface area (Å²) in [5.41, 5.74) is 2.55. The zero-order chi connectivity index (χ0) is 28.2. The number of aliphatic hydroxyl groups is 1. The molecule has 8 nitrogen and oxygen atoms in total. The zero-order valence-corrected chi connectivity index (χ0v) is 23.3. The average Bonchev–Trinajstić information content (AvgIpc) is 3.56. The minimum atomic E-state index is -1.44. The minimum Gasteiger partial charge on any atom is -0.384 e. The molecular weight excluding hydrogens is 531 g/mol. The normalized spacial score (nSPS) is 24.8. The number of nitrogens with one attached hydrogen (secondary N) is 1. The van der Waals surface area contributed by atoms with Crippen LogP contribution in [-0.2, 0) is 28.3 Å². The number of hydrogen-bond donors (Lipinski definition) is 2. The Bertz CT molecular complexity index is 1490. The number of fused-ring (bicyclic) bond motifs is 1. The van der Waals surface area contributed by atoms with E-state index < -0.39 is 34.7 Å². The van der Waals surface area contributed by atoms with E-state index in [9.17, 15) is 19.5 Å². The van der Waals surface area contributed by atoms with Crippen molar-refractivity contribution < 1.29 is 23.9 Å². The van der Waals surface area contributed by atoms with Gasteiger partial charge < -0.3 is 10.0 Å². The molecule has 4 heterocycles. The molecule has 0 spiro atoms. The summed E-state index contributed by atoms with van der Waals surface area (Å²) in [5.74, 6) is -1.94. The summed E-state index contributed by atoms with van der Waals surface area (Å²) in [5, 5.41) is 14.3. The van der Waals surface area contributed by atoms with E-state index in [1.807, 2.05) is 25.6 Å². The highest BCUT2D eigenvalue weighted by Crippen LogP contribution is 2.48. The van der Waals surface area contributed by atoms with Crippen molar-refractivity contribution >= 4 is 29.1 Å². The lowest BCUT2D eigenvalue weighted by Crippen LogP contribution is -2.55. The largest absolute Gasteiger partial charge is 0.384 e.